The van der Waals surface area contributed by atoms with Crippen LogP contribution in [0.3, 0.4) is 0 Å². The molecule has 37 heavy (non-hydrogen) atoms. The van der Waals surface area contributed by atoms with Crippen molar-refractivity contribution in [2.24, 2.45) is 0 Å². The number of benzene rings is 1. The van der Waals surface area contributed by atoms with E-state index in [9.17, 15) is 0 Å². The summed E-state index contributed by atoms with van der Waals surface area (Å²) in [5.41, 5.74) is 0. The van der Waals surface area contributed by atoms with Gasteiger partial charge in [-0.3, -0.25) is 0 Å². The molecule has 1 aromatic carbocycles. The fourth-order valence-electron chi connectivity index (χ4n) is 5.21. The molecule has 0 saturated carbocycles. The van der Waals surface area contributed by atoms with E-state index in [1.54, 1.807) is 0 Å². The molecule has 0 aliphatic carbocycles. The Balaban J connectivity index is 3.28. The van der Waals surface area contributed by atoms with Gasteiger partial charge < -0.3 is 9.05 Å². The first-order valence-electron chi connectivity index (χ1n) is 12.7. The van der Waals surface area contributed by atoms with Gasteiger partial charge in [0, 0.05) is 41.4 Å². The van der Waals surface area contributed by atoms with E-state index in [0.717, 1.165) is 0 Å². The molecule has 12 heteroatoms. The van der Waals surface area contributed by atoms with Crippen LogP contribution in [0.25, 0.3) is 0 Å². The summed E-state index contributed by atoms with van der Waals surface area (Å²) in [6.07, 6.45) is 0. The minimum Gasteiger partial charge on any atom is -0.421 e. The van der Waals surface area contributed by atoms with E-state index in [1.165, 1.54) is 0 Å². The lowest BCUT2D eigenvalue weighted by atomic mass is 10.3. The lowest BCUT2D eigenvalue weighted by Crippen LogP contribution is -2.44. The molecule has 0 N–H and O–H groups in total. The fourth-order valence-corrected chi connectivity index (χ4v) is 17.0. The molecular formula is C25H42Cl5N3O2P2. The Labute approximate surface area is 249 Å². The Kier molecular flexibility index (Phi) is 11.7. The molecule has 5 nitrogen and oxygen atoms in total. The highest BCUT2D eigenvalue weighted by Crippen LogP contribution is 2.71. The molecule has 0 spiro atoms. The molecular weight excluding hydrogens is 614 g/mol. The van der Waals surface area contributed by atoms with Gasteiger partial charge in [0.25, 0.3) is 0 Å². The number of halogens is 5. The van der Waals surface area contributed by atoms with E-state index < -0.39 is 14.0 Å². The predicted molar refractivity (Wildman–Crippen MR) is 169 cm³/mol. The van der Waals surface area contributed by atoms with Gasteiger partial charge in [-0.25, -0.2) is 14.0 Å². The normalized spacial score (nSPS) is 15.7. The minimum atomic E-state index is -3.20. The number of hydrogen-bond donors (Lipinski definition) is 0. The highest BCUT2D eigenvalue weighted by atomic mass is 35.7. The largest absolute Gasteiger partial charge is 0.421 e. The topological polar surface area (TPSA) is 28.2 Å². The van der Waals surface area contributed by atoms with Crippen molar-refractivity contribution in [3.63, 3.8) is 0 Å². The molecule has 1 aliphatic rings. The Bertz CT molecular complexity index is 1030. The summed E-state index contributed by atoms with van der Waals surface area (Å²) in [6, 6.07) is 0.581. The molecule has 0 bridgehead atoms. The summed E-state index contributed by atoms with van der Waals surface area (Å²) in [7, 11) is -3.20. The Morgan fingerprint density at radius 2 is 0.865 bits per heavy atom. The van der Waals surface area contributed by atoms with Crippen molar-refractivity contribution < 1.29 is 9.05 Å². The maximum absolute atomic E-state index is 7.93. The zero-order valence-corrected chi connectivity index (χ0v) is 29.5. The van der Waals surface area contributed by atoms with Crippen LogP contribution < -0.4 is 9.05 Å². The Morgan fingerprint density at radius 1 is 0.568 bits per heavy atom. The molecule has 214 valence electrons. The standard InChI is InChI=1S/C25H42Cl5N3O2P2/c1-14(2)31(15(3)4)36(30,32(16(5)6)17(7)8)13-37(33(18(9)10)19(11)12)34-24-22(28)20(26)21(27)23(29)25(24)35-37/h14-19H,1-12H3. The van der Waals surface area contributed by atoms with Gasteiger partial charge in [0.15, 0.2) is 18.0 Å². The third-order valence-electron chi connectivity index (χ3n) is 5.96. The first-order chi connectivity index (χ1) is 16.8. The molecule has 0 aromatic heterocycles. The van der Waals surface area contributed by atoms with Gasteiger partial charge in [-0.15, -0.1) is 0 Å². The van der Waals surface area contributed by atoms with Gasteiger partial charge in [0.2, 0.25) is 0 Å². The number of rotatable bonds is 9. The van der Waals surface area contributed by atoms with Crippen LogP contribution in [0.5, 0.6) is 11.5 Å². The average molecular weight is 656 g/mol. The van der Waals surface area contributed by atoms with Crippen LogP contribution in [-0.2, 0) is 0 Å². The van der Waals surface area contributed by atoms with E-state index in [0.29, 0.717) is 0 Å². The Hall–Kier alpha value is 0.790. The van der Waals surface area contributed by atoms with Crippen LogP contribution >= 0.6 is 71.7 Å². The maximum Gasteiger partial charge on any atom is 0.348 e. The zero-order valence-electron chi connectivity index (χ0n) is 23.9. The maximum atomic E-state index is 7.93. The van der Waals surface area contributed by atoms with Crippen molar-refractivity contribution >= 4 is 76.8 Å². The molecule has 0 saturated heterocycles. The van der Waals surface area contributed by atoms with E-state index in [1.807, 2.05) is 0 Å². The molecule has 2 rings (SSSR count). The molecule has 1 aliphatic heterocycles. The summed E-state index contributed by atoms with van der Waals surface area (Å²) in [6.45, 7) is 22.8. The van der Waals surface area contributed by atoms with E-state index in [4.69, 9.17) is 66.7 Å². The first kappa shape index (κ1) is 34.0. The van der Waals surface area contributed by atoms with Crippen LogP contribution in [-0.4, -0.2) is 55.4 Å². The third kappa shape index (κ3) is 6.50. The lowest BCUT2D eigenvalue weighted by Gasteiger charge is -2.48. The van der Waals surface area contributed by atoms with Gasteiger partial charge >= 0.3 is 7.49 Å². The van der Waals surface area contributed by atoms with Crippen LogP contribution in [0, 0.1) is 0 Å². The lowest BCUT2D eigenvalue weighted by molar-refractivity contribution is 0.261. The van der Waals surface area contributed by atoms with Gasteiger partial charge in [-0.2, -0.15) is 0 Å². The minimum absolute atomic E-state index is 0.0295. The summed E-state index contributed by atoms with van der Waals surface area (Å²) >= 11 is 34.1. The molecule has 0 unspecified atom stereocenters. The SMILES string of the molecule is CC(C)N(C(C)C)P1(=C=P(Cl)(N(C(C)C)C(C)C)N(C(C)C)C(C)C)Oc2c(Cl)c(Cl)c(Cl)c(Cl)c2O1. The van der Waals surface area contributed by atoms with Crippen molar-refractivity contribution in [2.75, 3.05) is 0 Å². The summed E-state index contributed by atoms with van der Waals surface area (Å²) in [5.74, 6) is 0.551. The number of nitrogens with zero attached hydrogens (tertiary/aromatic N) is 3. The molecule has 0 atom stereocenters. The highest BCUT2D eigenvalue weighted by Gasteiger charge is 2.48. The average Bonchev–Trinajstić information content (AvgIpc) is 3.08. The van der Waals surface area contributed by atoms with Crippen molar-refractivity contribution in [1.82, 2.24) is 14.0 Å². The molecule has 0 amide bonds. The monoisotopic (exact) mass is 653 g/mol. The second kappa shape index (κ2) is 12.8. The number of fused-ring (bicyclic) bond motifs is 1. The zero-order chi connectivity index (χ0) is 28.8. The highest BCUT2D eigenvalue weighted by molar-refractivity contribution is 7.98. The van der Waals surface area contributed by atoms with Crippen LogP contribution in [0.4, 0.5) is 0 Å². The Morgan fingerprint density at radius 3 is 1.11 bits per heavy atom. The molecule has 1 heterocycles. The predicted octanol–water partition coefficient (Wildman–Crippen LogP) is 10.8. The fraction of sp³-hybridized carbons (Fsp3) is 0.720. The van der Waals surface area contributed by atoms with Crippen LogP contribution in [0.2, 0.25) is 20.1 Å². The first-order valence-corrected chi connectivity index (χ1v) is 18.4. The second-order valence-electron chi connectivity index (χ2n) is 10.9. The van der Waals surface area contributed by atoms with Crippen molar-refractivity contribution in [3.05, 3.63) is 20.1 Å². The van der Waals surface area contributed by atoms with Crippen LogP contribution in [0.1, 0.15) is 83.1 Å². The van der Waals surface area contributed by atoms with Crippen LogP contribution in [0.15, 0.2) is 0 Å². The third-order valence-corrected chi connectivity index (χ3v) is 16.9. The number of hydrogen-bond acceptors (Lipinski definition) is 5. The molecule has 0 fully saturated rings. The van der Waals surface area contributed by atoms with E-state index in [-0.39, 0.29) is 67.8 Å². The van der Waals surface area contributed by atoms with Crippen molar-refractivity contribution in [2.45, 2.75) is 119 Å². The second-order valence-corrected chi connectivity index (χ2v) is 18.5. The van der Waals surface area contributed by atoms with E-state index >= 15 is 0 Å². The van der Waals surface area contributed by atoms with E-state index in [2.05, 4.69) is 102 Å². The summed E-state index contributed by atoms with van der Waals surface area (Å²) in [4.78, 5) is 0. The van der Waals surface area contributed by atoms with Crippen molar-refractivity contribution in [1.29, 1.82) is 0 Å². The molecule has 0 radical (unpaired) electrons. The van der Waals surface area contributed by atoms with Gasteiger partial charge in [-0.1, -0.05) is 57.6 Å². The summed E-state index contributed by atoms with van der Waals surface area (Å²) in [5, 5.41) is 4.43. The smallest absolute Gasteiger partial charge is 0.348 e. The van der Waals surface area contributed by atoms with Crippen molar-refractivity contribution in [3.8, 4) is 11.5 Å². The quantitative estimate of drug-likeness (QED) is 0.150. The van der Waals surface area contributed by atoms with Gasteiger partial charge in [0.1, 0.15) is 10.0 Å². The summed E-state index contributed by atoms with van der Waals surface area (Å²) < 4.78 is 20.4. The molecule has 1 aromatic rings. The van der Waals surface area contributed by atoms with Gasteiger partial charge in [-0.05, 0) is 83.1 Å². The van der Waals surface area contributed by atoms with Gasteiger partial charge in [0.05, 0.1) is 10.0 Å².